The van der Waals surface area contributed by atoms with Crippen molar-refractivity contribution in [2.45, 2.75) is 64.7 Å². The lowest BCUT2D eigenvalue weighted by atomic mass is 9.85. The number of amides is 1. The van der Waals surface area contributed by atoms with Gasteiger partial charge in [0.05, 0.1) is 12.0 Å². The van der Waals surface area contributed by atoms with Crippen molar-refractivity contribution < 1.29 is 31.9 Å². The Kier molecular flexibility index (Phi) is 7.27. The Morgan fingerprint density at radius 3 is 2.52 bits per heavy atom. The summed E-state index contributed by atoms with van der Waals surface area (Å²) in [4.78, 5) is 25.2. The fourth-order valence-electron chi connectivity index (χ4n) is 3.12. The third kappa shape index (κ3) is 6.16. The molecule has 160 valence electrons. The summed E-state index contributed by atoms with van der Waals surface area (Å²) in [5.74, 6) is -5.94. The minimum absolute atomic E-state index is 0.138. The molecule has 1 amide bonds. The number of carbonyl (C=O) groups is 2. The molecule has 29 heavy (non-hydrogen) atoms. The van der Waals surface area contributed by atoms with Gasteiger partial charge in [0.15, 0.2) is 6.61 Å². The van der Waals surface area contributed by atoms with Crippen molar-refractivity contribution in [2.75, 3.05) is 11.9 Å². The van der Waals surface area contributed by atoms with Crippen LogP contribution in [0.5, 0.6) is 0 Å². The summed E-state index contributed by atoms with van der Waals surface area (Å²) in [5.41, 5.74) is 0.483. The lowest BCUT2D eigenvalue weighted by molar-refractivity contribution is -0.181. The van der Waals surface area contributed by atoms with Crippen molar-refractivity contribution in [3.8, 4) is 6.07 Å². The van der Waals surface area contributed by atoms with Gasteiger partial charge in [0, 0.05) is 11.3 Å². The molecule has 1 heterocycles. The molecular weight excluding hydrogens is 412 g/mol. The first-order chi connectivity index (χ1) is 13.4. The summed E-state index contributed by atoms with van der Waals surface area (Å²) in [6.07, 6.45) is -0.778. The summed E-state index contributed by atoms with van der Waals surface area (Å²) in [6, 6.07) is 2.13. The Hall–Kier alpha value is -2.15. The van der Waals surface area contributed by atoms with Crippen molar-refractivity contribution in [1.82, 2.24) is 0 Å². The Bertz CT molecular complexity index is 815. The number of nitriles is 1. The zero-order valence-corrected chi connectivity index (χ0v) is 16.9. The molecule has 5 nitrogen and oxygen atoms in total. The highest BCUT2D eigenvalue weighted by Crippen LogP contribution is 2.38. The smallest absolute Gasteiger partial charge is 0.340 e. The zero-order chi connectivity index (χ0) is 21.8. The number of thiophene rings is 1. The molecule has 1 aliphatic rings. The highest BCUT2D eigenvalue weighted by atomic mass is 32.1. The van der Waals surface area contributed by atoms with Gasteiger partial charge in [-0.2, -0.15) is 14.0 Å². The van der Waals surface area contributed by atoms with E-state index in [1.54, 1.807) is 13.8 Å². The van der Waals surface area contributed by atoms with Crippen LogP contribution in [0.1, 0.15) is 55.5 Å². The second-order valence-corrected chi connectivity index (χ2v) is 8.92. The second-order valence-electron chi connectivity index (χ2n) is 7.82. The predicted octanol–water partition coefficient (Wildman–Crippen LogP) is 4.69. The molecule has 0 atom stereocenters. The molecule has 0 aromatic carbocycles. The van der Waals surface area contributed by atoms with Crippen LogP contribution in [-0.4, -0.2) is 30.8 Å². The first kappa shape index (κ1) is 23.1. The number of halogens is 4. The average Bonchev–Trinajstić information content (AvgIpc) is 2.95. The molecule has 0 bridgehead atoms. The molecule has 1 aliphatic carbocycles. The maximum Gasteiger partial charge on any atom is 0.340 e. The largest absolute Gasteiger partial charge is 0.459 e. The van der Waals surface area contributed by atoms with Crippen molar-refractivity contribution in [3.63, 3.8) is 0 Å². The third-order valence-electron chi connectivity index (χ3n) is 4.54. The first-order valence-electron chi connectivity index (χ1n) is 9.11. The monoisotopic (exact) mass is 434 g/mol. The molecule has 0 saturated heterocycles. The Morgan fingerprint density at radius 1 is 1.24 bits per heavy atom. The number of alkyl halides is 4. The summed E-state index contributed by atoms with van der Waals surface area (Å²) in [5, 5.41) is 12.6. The van der Waals surface area contributed by atoms with Crippen LogP contribution in [0.15, 0.2) is 0 Å². The van der Waals surface area contributed by atoms with Crippen molar-refractivity contribution in [1.29, 1.82) is 5.26 Å². The van der Waals surface area contributed by atoms with Crippen molar-refractivity contribution in [2.24, 2.45) is 5.41 Å². The number of rotatable bonds is 8. The van der Waals surface area contributed by atoms with E-state index in [1.165, 1.54) is 11.3 Å². The molecule has 10 heteroatoms. The summed E-state index contributed by atoms with van der Waals surface area (Å²) in [6.45, 7) is 1.41. The molecule has 1 aromatic heterocycles. The Labute approximate surface area is 170 Å². The average molecular weight is 434 g/mol. The predicted molar refractivity (Wildman–Crippen MR) is 99.2 cm³/mol. The maximum absolute atomic E-state index is 12.8. The van der Waals surface area contributed by atoms with E-state index in [4.69, 9.17) is 0 Å². The van der Waals surface area contributed by atoms with Crippen LogP contribution in [0.3, 0.4) is 0 Å². The van der Waals surface area contributed by atoms with E-state index < -0.39 is 42.7 Å². The van der Waals surface area contributed by atoms with E-state index in [0.717, 1.165) is 36.1 Å². The van der Waals surface area contributed by atoms with Gasteiger partial charge in [0.25, 0.3) is 0 Å². The minimum atomic E-state index is -4.41. The number of fused-ring (bicyclic) bond motifs is 1. The van der Waals surface area contributed by atoms with E-state index in [2.05, 4.69) is 16.1 Å². The Morgan fingerprint density at radius 2 is 1.90 bits per heavy atom. The Balaban J connectivity index is 1.93. The summed E-state index contributed by atoms with van der Waals surface area (Å²) < 4.78 is 54.2. The molecular formula is C19H22F4N2O3S. The number of ether oxygens (including phenoxy) is 1. The molecule has 0 aliphatic heterocycles. The molecule has 0 spiro atoms. The van der Waals surface area contributed by atoms with Gasteiger partial charge in [-0.1, -0.05) is 13.8 Å². The maximum atomic E-state index is 12.8. The quantitative estimate of drug-likeness (QED) is 0.476. The van der Waals surface area contributed by atoms with Crippen LogP contribution in [0.25, 0.3) is 0 Å². The van der Waals surface area contributed by atoms with Crippen LogP contribution < -0.4 is 5.32 Å². The number of anilines is 1. The number of nitrogens with one attached hydrogen (secondary N) is 1. The summed E-state index contributed by atoms with van der Waals surface area (Å²) in [7, 11) is 0. The highest BCUT2D eigenvalue weighted by Gasteiger charge is 2.42. The lowest BCUT2D eigenvalue weighted by Crippen LogP contribution is -2.34. The van der Waals surface area contributed by atoms with Gasteiger partial charge in [-0.3, -0.25) is 9.59 Å². The number of hydrogen-bond donors (Lipinski definition) is 1. The van der Waals surface area contributed by atoms with E-state index in [1.807, 2.05) is 0 Å². The van der Waals surface area contributed by atoms with Gasteiger partial charge < -0.3 is 10.1 Å². The SMILES string of the molecule is CC(C)(CC(=O)Nc1sc2c(c1C#N)CCCC2)CC(=O)OCC(F)(F)C(F)F. The van der Waals surface area contributed by atoms with E-state index in [0.29, 0.717) is 10.6 Å². The van der Waals surface area contributed by atoms with Crippen LogP contribution in [0, 0.1) is 16.7 Å². The van der Waals surface area contributed by atoms with Crippen LogP contribution in [0.4, 0.5) is 22.6 Å². The summed E-state index contributed by atoms with van der Waals surface area (Å²) >= 11 is 1.37. The number of nitrogens with zero attached hydrogens (tertiary/aromatic N) is 1. The fourth-order valence-corrected chi connectivity index (χ4v) is 4.38. The zero-order valence-electron chi connectivity index (χ0n) is 16.1. The first-order valence-corrected chi connectivity index (χ1v) is 9.93. The number of carbonyl (C=O) groups excluding carboxylic acids is 2. The molecule has 2 rings (SSSR count). The fraction of sp³-hybridized carbons (Fsp3) is 0.632. The van der Waals surface area contributed by atoms with Gasteiger partial charge in [0.2, 0.25) is 5.91 Å². The van der Waals surface area contributed by atoms with Gasteiger partial charge in [-0.05, 0) is 36.7 Å². The lowest BCUT2D eigenvalue weighted by Gasteiger charge is -2.23. The second kappa shape index (κ2) is 9.11. The highest BCUT2D eigenvalue weighted by molar-refractivity contribution is 7.16. The van der Waals surface area contributed by atoms with Crippen LogP contribution in [-0.2, 0) is 27.2 Å². The molecule has 0 fully saturated rings. The standard InChI is InChI=1S/C19H22F4N2O3S/c1-18(2,8-15(27)28-10-19(22,23)17(20)21)7-14(26)25-16-12(9-24)11-5-3-4-6-13(11)29-16/h17H,3-8,10H2,1-2H3,(H,25,26). The number of hydrogen-bond acceptors (Lipinski definition) is 5. The number of aryl methyl sites for hydroxylation is 1. The third-order valence-corrected chi connectivity index (χ3v) is 5.75. The van der Waals surface area contributed by atoms with E-state index in [9.17, 15) is 32.4 Å². The van der Waals surface area contributed by atoms with Crippen LogP contribution >= 0.6 is 11.3 Å². The van der Waals surface area contributed by atoms with E-state index in [-0.39, 0.29) is 6.42 Å². The van der Waals surface area contributed by atoms with Crippen molar-refractivity contribution >= 4 is 28.2 Å². The van der Waals surface area contributed by atoms with Gasteiger partial charge in [0.1, 0.15) is 11.1 Å². The molecule has 1 N–H and O–H groups in total. The molecule has 1 aromatic rings. The minimum Gasteiger partial charge on any atom is -0.459 e. The number of esters is 1. The molecule has 0 saturated carbocycles. The van der Waals surface area contributed by atoms with Crippen LogP contribution in [0.2, 0.25) is 0 Å². The van der Waals surface area contributed by atoms with Gasteiger partial charge in [-0.15, -0.1) is 11.3 Å². The molecule has 0 unspecified atom stereocenters. The van der Waals surface area contributed by atoms with E-state index >= 15 is 0 Å². The normalized spacial score (nSPS) is 14.3. The topological polar surface area (TPSA) is 79.2 Å². The molecule has 0 radical (unpaired) electrons. The van der Waals surface area contributed by atoms with Gasteiger partial charge >= 0.3 is 18.3 Å². The van der Waals surface area contributed by atoms with Crippen molar-refractivity contribution in [3.05, 3.63) is 16.0 Å². The van der Waals surface area contributed by atoms with Gasteiger partial charge in [-0.25, -0.2) is 8.78 Å².